The molecule has 0 rings (SSSR count). The van der Waals surface area contributed by atoms with Crippen molar-refractivity contribution in [3.05, 3.63) is 0 Å². The van der Waals surface area contributed by atoms with Crippen molar-refractivity contribution in [2.24, 2.45) is 5.41 Å². The van der Waals surface area contributed by atoms with Crippen molar-refractivity contribution in [2.75, 3.05) is 13.6 Å². The summed E-state index contributed by atoms with van der Waals surface area (Å²) in [6, 6.07) is 0. The number of rotatable bonds is 5. The Kier molecular flexibility index (Phi) is 4.12. The predicted octanol–water partition coefficient (Wildman–Crippen LogP) is 1.29. The maximum Gasteiger partial charge on any atom is 0.270 e. The summed E-state index contributed by atoms with van der Waals surface area (Å²) in [5.74, 6) is 0. The van der Waals surface area contributed by atoms with Crippen molar-refractivity contribution in [1.82, 2.24) is 5.32 Å². The molecule has 86 valence electrons. The van der Waals surface area contributed by atoms with Crippen LogP contribution >= 0.6 is 0 Å². The molecule has 0 aromatic carbocycles. The van der Waals surface area contributed by atoms with Crippen LogP contribution in [0.3, 0.4) is 0 Å². The third-order valence-corrected chi connectivity index (χ3v) is 3.80. The maximum atomic E-state index is 11.1. The lowest BCUT2D eigenvalue weighted by Crippen LogP contribution is -2.40. The van der Waals surface area contributed by atoms with E-state index >= 15 is 0 Å². The van der Waals surface area contributed by atoms with Crippen LogP contribution in [0.2, 0.25) is 0 Å². The van der Waals surface area contributed by atoms with Gasteiger partial charge in [-0.3, -0.25) is 4.55 Å². The summed E-state index contributed by atoms with van der Waals surface area (Å²) >= 11 is 0. The van der Waals surface area contributed by atoms with Crippen molar-refractivity contribution >= 4 is 10.1 Å². The Bertz CT molecular complexity index is 280. The minimum Gasteiger partial charge on any atom is -0.319 e. The first-order valence-electron chi connectivity index (χ1n) is 4.63. The van der Waals surface area contributed by atoms with E-state index in [0.29, 0.717) is 13.0 Å². The van der Waals surface area contributed by atoms with E-state index in [0.717, 1.165) is 0 Å². The first-order valence-corrected chi connectivity index (χ1v) is 6.07. The monoisotopic (exact) mass is 223 g/mol. The minimum atomic E-state index is -3.98. The van der Waals surface area contributed by atoms with Crippen LogP contribution in [0.15, 0.2) is 0 Å². The second kappa shape index (κ2) is 4.16. The summed E-state index contributed by atoms with van der Waals surface area (Å²) in [5, 5.41) is 3.01. The molecule has 0 saturated heterocycles. The van der Waals surface area contributed by atoms with Gasteiger partial charge in [-0.1, -0.05) is 13.8 Å². The first-order chi connectivity index (χ1) is 6.02. The van der Waals surface area contributed by atoms with Gasteiger partial charge < -0.3 is 5.32 Å². The molecule has 5 heteroatoms. The number of hydrogen-bond acceptors (Lipinski definition) is 3. The zero-order chi connectivity index (χ0) is 11.6. The van der Waals surface area contributed by atoms with Crippen LogP contribution < -0.4 is 5.32 Å². The summed E-state index contributed by atoms with van der Waals surface area (Å²) < 4.78 is 30.1. The highest BCUT2D eigenvalue weighted by Gasteiger charge is 2.37. The number of nitrogens with one attached hydrogen (secondary N) is 1. The lowest BCUT2D eigenvalue weighted by molar-refractivity contribution is 0.279. The van der Waals surface area contributed by atoms with Crippen LogP contribution in [0.1, 0.15) is 34.1 Å². The third-order valence-electron chi connectivity index (χ3n) is 2.26. The molecule has 0 unspecified atom stereocenters. The van der Waals surface area contributed by atoms with Crippen LogP contribution in [0, 0.1) is 5.41 Å². The van der Waals surface area contributed by atoms with Gasteiger partial charge in [-0.25, -0.2) is 0 Å². The fourth-order valence-corrected chi connectivity index (χ4v) is 2.36. The largest absolute Gasteiger partial charge is 0.319 e. The molecule has 4 nitrogen and oxygen atoms in total. The lowest BCUT2D eigenvalue weighted by atomic mass is 9.83. The van der Waals surface area contributed by atoms with Gasteiger partial charge in [0.25, 0.3) is 10.1 Å². The van der Waals surface area contributed by atoms with Crippen molar-refractivity contribution in [3.8, 4) is 0 Å². The molecule has 0 saturated carbocycles. The molecule has 0 aromatic rings. The summed E-state index contributed by atoms with van der Waals surface area (Å²) in [4.78, 5) is 0. The van der Waals surface area contributed by atoms with Crippen molar-refractivity contribution in [3.63, 3.8) is 0 Å². The van der Waals surface area contributed by atoms with Crippen LogP contribution in [-0.2, 0) is 10.1 Å². The molecule has 0 aliphatic rings. The molecule has 2 N–H and O–H groups in total. The Balaban J connectivity index is 4.67. The second-order valence-electron chi connectivity index (χ2n) is 5.11. The topological polar surface area (TPSA) is 66.4 Å². The average Bonchev–Trinajstić information content (AvgIpc) is 1.80. The van der Waals surface area contributed by atoms with Crippen LogP contribution in [0.25, 0.3) is 0 Å². The summed E-state index contributed by atoms with van der Waals surface area (Å²) in [6.07, 6.45) is 0.416. The highest BCUT2D eigenvalue weighted by Crippen LogP contribution is 2.31. The van der Waals surface area contributed by atoms with Gasteiger partial charge in [-0.2, -0.15) is 8.42 Å². The highest BCUT2D eigenvalue weighted by atomic mass is 32.2. The molecular formula is C9H21NO3S. The normalized spacial score (nSPS) is 14.4. The first kappa shape index (κ1) is 13.9. The fourth-order valence-electron chi connectivity index (χ4n) is 1.78. The summed E-state index contributed by atoms with van der Waals surface area (Å²) in [7, 11) is -2.16. The van der Waals surface area contributed by atoms with E-state index in [1.165, 1.54) is 0 Å². The van der Waals surface area contributed by atoms with E-state index < -0.39 is 14.9 Å². The fraction of sp³-hybridized carbons (Fsp3) is 1.00. The Morgan fingerprint density at radius 3 is 1.93 bits per heavy atom. The molecule has 0 amide bonds. The van der Waals surface area contributed by atoms with E-state index in [-0.39, 0.29) is 5.41 Å². The quantitative estimate of drug-likeness (QED) is 0.689. The molecule has 0 spiro atoms. The van der Waals surface area contributed by atoms with Crippen molar-refractivity contribution in [2.45, 2.75) is 38.9 Å². The van der Waals surface area contributed by atoms with Gasteiger partial charge in [0.15, 0.2) is 0 Å². The van der Waals surface area contributed by atoms with Gasteiger partial charge in [0, 0.05) is 6.54 Å². The van der Waals surface area contributed by atoms with Gasteiger partial charge in [0.05, 0.1) is 4.75 Å². The predicted molar refractivity (Wildman–Crippen MR) is 58.0 cm³/mol. The third kappa shape index (κ3) is 3.94. The Labute approximate surface area is 86.8 Å². The molecule has 0 heterocycles. The summed E-state index contributed by atoms with van der Waals surface area (Å²) in [5.41, 5.74) is -0.159. The van der Waals surface area contributed by atoms with E-state index in [2.05, 4.69) is 5.32 Å². The van der Waals surface area contributed by atoms with Crippen LogP contribution in [-0.4, -0.2) is 31.3 Å². The van der Waals surface area contributed by atoms with E-state index in [1.807, 2.05) is 20.9 Å². The number of hydrogen-bond donors (Lipinski definition) is 2. The van der Waals surface area contributed by atoms with Gasteiger partial charge in [0.2, 0.25) is 0 Å². The molecular weight excluding hydrogens is 202 g/mol. The van der Waals surface area contributed by atoms with Crippen molar-refractivity contribution in [1.29, 1.82) is 0 Å². The van der Waals surface area contributed by atoms with Gasteiger partial charge >= 0.3 is 0 Å². The zero-order valence-electron chi connectivity index (χ0n) is 9.59. The molecule has 0 aliphatic heterocycles. The van der Waals surface area contributed by atoms with Crippen LogP contribution in [0.5, 0.6) is 0 Å². The molecule has 0 fully saturated rings. The molecule has 0 aliphatic carbocycles. The zero-order valence-corrected chi connectivity index (χ0v) is 10.4. The average molecular weight is 223 g/mol. The molecule has 0 atom stereocenters. The standard InChI is InChI=1S/C9H21NO3S/c1-8(2,7-10-5)6-9(3,4)14(11,12)13/h10H,6-7H2,1-5H3,(H,11,12,13). The van der Waals surface area contributed by atoms with Gasteiger partial charge in [-0.05, 0) is 32.7 Å². The van der Waals surface area contributed by atoms with Gasteiger partial charge in [-0.15, -0.1) is 0 Å². The van der Waals surface area contributed by atoms with E-state index in [4.69, 9.17) is 4.55 Å². The molecule has 0 bridgehead atoms. The van der Waals surface area contributed by atoms with Gasteiger partial charge in [0.1, 0.15) is 0 Å². The van der Waals surface area contributed by atoms with Crippen molar-refractivity contribution < 1.29 is 13.0 Å². The Morgan fingerprint density at radius 1 is 1.21 bits per heavy atom. The highest BCUT2D eigenvalue weighted by molar-refractivity contribution is 7.87. The Morgan fingerprint density at radius 2 is 1.64 bits per heavy atom. The smallest absolute Gasteiger partial charge is 0.270 e. The molecule has 0 radical (unpaired) electrons. The SMILES string of the molecule is CNCC(C)(C)CC(C)(C)S(=O)(=O)O. The minimum absolute atomic E-state index is 0.159. The second-order valence-corrected chi connectivity index (χ2v) is 7.16. The van der Waals surface area contributed by atoms with E-state index in [1.54, 1.807) is 13.8 Å². The lowest BCUT2D eigenvalue weighted by Gasteiger charge is -2.32. The molecule has 0 aromatic heterocycles. The maximum absolute atomic E-state index is 11.1. The van der Waals surface area contributed by atoms with E-state index in [9.17, 15) is 8.42 Å². The van der Waals surface area contributed by atoms with Crippen LogP contribution in [0.4, 0.5) is 0 Å². The summed E-state index contributed by atoms with van der Waals surface area (Å²) in [6.45, 7) is 7.73. The molecule has 14 heavy (non-hydrogen) atoms. The Hall–Kier alpha value is -0.130.